The molecule has 18 heavy (non-hydrogen) atoms. The van der Waals surface area contributed by atoms with E-state index in [0.717, 1.165) is 31.1 Å². The second-order valence-corrected chi connectivity index (χ2v) is 5.45. The summed E-state index contributed by atoms with van der Waals surface area (Å²) in [5.41, 5.74) is 1.18. The lowest BCUT2D eigenvalue weighted by atomic mass is 10.0. The Labute approximate surface area is 108 Å². The van der Waals surface area contributed by atoms with Gasteiger partial charge in [-0.1, -0.05) is 25.0 Å². The summed E-state index contributed by atoms with van der Waals surface area (Å²) in [6, 6.07) is 8.03. The van der Waals surface area contributed by atoms with E-state index in [-0.39, 0.29) is 6.10 Å². The summed E-state index contributed by atoms with van der Waals surface area (Å²) in [5, 5.41) is 9.92. The van der Waals surface area contributed by atoms with Gasteiger partial charge in [0.2, 0.25) is 0 Å². The van der Waals surface area contributed by atoms with E-state index < -0.39 is 0 Å². The SMILES string of the molecule is OC(Cc1ccc(OCC2CO2)cc1)CC1CC1. The van der Waals surface area contributed by atoms with E-state index in [4.69, 9.17) is 9.47 Å². The molecule has 1 saturated carbocycles. The summed E-state index contributed by atoms with van der Waals surface area (Å²) in [6.07, 6.45) is 4.41. The summed E-state index contributed by atoms with van der Waals surface area (Å²) < 4.78 is 10.7. The first-order valence-corrected chi connectivity index (χ1v) is 6.81. The van der Waals surface area contributed by atoms with Gasteiger partial charge in [-0.2, -0.15) is 0 Å². The van der Waals surface area contributed by atoms with Gasteiger partial charge in [-0.15, -0.1) is 0 Å². The lowest BCUT2D eigenvalue weighted by Gasteiger charge is -2.10. The van der Waals surface area contributed by atoms with Gasteiger partial charge < -0.3 is 14.6 Å². The van der Waals surface area contributed by atoms with Crippen molar-refractivity contribution in [3.8, 4) is 5.75 Å². The van der Waals surface area contributed by atoms with Crippen molar-refractivity contribution in [2.75, 3.05) is 13.2 Å². The van der Waals surface area contributed by atoms with Gasteiger partial charge in [0.25, 0.3) is 0 Å². The van der Waals surface area contributed by atoms with E-state index >= 15 is 0 Å². The molecule has 3 nitrogen and oxygen atoms in total. The molecule has 1 heterocycles. The third-order valence-electron chi connectivity index (χ3n) is 3.54. The molecule has 0 bridgehead atoms. The zero-order valence-electron chi connectivity index (χ0n) is 10.5. The van der Waals surface area contributed by atoms with Crippen molar-refractivity contribution in [3.05, 3.63) is 29.8 Å². The Morgan fingerprint density at radius 1 is 1.28 bits per heavy atom. The predicted molar refractivity (Wildman–Crippen MR) is 68.7 cm³/mol. The van der Waals surface area contributed by atoms with Gasteiger partial charge in [0.15, 0.2) is 0 Å². The van der Waals surface area contributed by atoms with Crippen LogP contribution in [-0.4, -0.2) is 30.5 Å². The largest absolute Gasteiger partial charge is 0.491 e. The van der Waals surface area contributed by atoms with Crippen LogP contribution in [0.3, 0.4) is 0 Å². The molecule has 1 N–H and O–H groups in total. The maximum atomic E-state index is 9.92. The van der Waals surface area contributed by atoms with Crippen molar-refractivity contribution >= 4 is 0 Å². The van der Waals surface area contributed by atoms with Gasteiger partial charge in [-0.05, 0) is 36.5 Å². The van der Waals surface area contributed by atoms with Crippen molar-refractivity contribution in [1.82, 2.24) is 0 Å². The highest BCUT2D eigenvalue weighted by Gasteiger charge is 2.24. The van der Waals surface area contributed by atoms with Gasteiger partial charge in [0.05, 0.1) is 12.7 Å². The molecule has 1 aromatic rings. The van der Waals surface area contributed by atoms with Crippen molar-refractivity contribution < 1.29 is 14.6 Å². The average molecular weight is 248 g/mol. The number of ether oxygens (including phenoxy) is 2. The van der Waals surface area contributed by atoms with Crippen molar-refractivity contribution in [2.45, 2.75) is 37.9 Å². The van der Waals surface area contributed by atoms with E-state index in [0.29, 0.717) is 12.7 Å². The molecule has 0 radical (unpaired) electrons. The second-order valence-electron chi connectivity index (χ2n) is 5.45. The number of hydrogen-bond acceptors (Lipinski definition) is 3. The van der Waals surface area contributed by atoms with Gasteiger partial charge in [-0.25, -0.2) is 0 Å². The summed E-state index contributed by atoms with van der Waals surface area (Å²) in [7, 11) is 0. The third-order valence-corrected chi connectivity index (χ3v) is 3.54. The molecule has 3 heteroatoms. The van der Waals surface area contributed by atoms with Crippen LogP contribution in [0.1, 0.15) is 24.8 Å². The number of hydrogen-bond donors (Lipinski definition) is 1. The number of aliphatic hydroxyl groups is 1. The van der Waals surface area contributed by atoms with E-state index in [1.165, 1.54) is 18.4 Å². The first kappa shape index (κ1) is 12.0. The zero-order chi connectivity index (χ0) is 12.4. The Morgan fingerprint density at radius 3 is 2.61 bits per heavy atom. The van der Waals surface area contributed by atoms with Crippen LogP contribution >= 0.6 is 0 Å². The second kappa shape index (κ2) is 5.29. The first-order chi connectivity index (χ1) is 8.79. The molecule has 0 amide bonds. The Bertz CT molecular complexity index is 379. The molecule has 1 aromatic carbocycles. The Balaban J connectivity index is 1.46. The van der Waals surface area contributed by atoms with Crippen LogP contribution in [0.15, 0.2) is 24.3 Å². The van der Waals surface area contributed by atoms with E-state index in [2.05, 4.69) is 0 Å². The van der Waals surface area contributed by atoms with Gasteiger partial charge >= 0.3 is 0 Å². The fourth-order valence-corrected chi connectivity index (χ4v) is 2.17. The maximum Gasteiger partial charge on any atom is 0.119 e. The lowest BCUT2D eigenvalue weighted by Crippen LogP contribution is -2.11. The summed E-state index contributed by atoms with van der Waals surface area (Å²) in [5.74, 6) is 1.66. The van der Waals surface area contributed by atoms with Gasteiger partial charge in [0, 0.05) is 0 Å². The van der Waals surface area contributed by atoms with Gasteiger partial charge in [-0.3, -0.25) is 0 Å². The van der Waals surface area contributed by atoms with Crippen molar-refractivity contribution in [2.24, 2.45) is 5.92 Å². The van der Waals surface area contributed by atoms with Crippen LogP contribution in [0.5, 0.6) is 5.75 Å². The molecule has 0 spiro atoms. The van der Waals surface area contributed by atoms with Crippen molar-refractivity contribution in [3.63, 3.8) is 0 Å². The summed E-state index contributed by atoms with van der Waals surface area (Å²) >= 11 is 0. The number of aliphatic hydroxyl groups excluding tert-OH is 1. The molecule has 0 aromatic heterocycles. The molecule has 2 aliphatic rings. The van der Waals surface area contributed by atoms with Crippen LogP contribution in [-0.2, 0) is 11.2 Å². The Kier molecular flexibility index (Phi) is 3.52. The van der Waals surface area contributed by atoms with E-state index in [1.54, 1.807) is 0 Å². The number of benzene rings is 1. The van der Waals surface area contributed by atoms with E-state index in [9.17, 15) is 5.11 Å². The highest BCUT2D eigenvalue weighted by molar-refractivity contribution is 5.27. The fourth-order valence-electron chi connectivity index (χ4n) is 2.17. The Hall–Kier alpha value is -1.06. The third kappa shape index (κ3) is 3.72. The molecule has 1 aliphatic heterocycles. The standard InChI is InChI=1S/C15H20O3/c16-13(7-11-1-2-11)8-12-3-5-14(6-4-12)17-9-15-10-18-15/h3-6,11,13,15-16H,1-2,7-10H2. The summed E-state index contributed by atoms with van der Waals surface area (Å²) in [6.45, 7) is 1.47. The molecule has 98 valence electrons. The van der Waals surface area contributed by atoms with Crippen LogP contribution in [0.25, 0.3) is 0 Å². The monoisotopic (exact) mass is 248 g/mol. The van der Waals surface area contributed by atoms with Crippen LogP contribution in [0.2, 0.25) is 0 Å². The molecule has 1 aliphatic carbocycles. The Morgan fingerprint density at radius 2 is 2.00 bits per heavy atom. The average Bonchev–Trinajstić information content (AvgIpc) is 3.23. The van der Waals surface area contributed by atoms with E-state index in [1.807, 2.05) is 24.3 Å². The lowest BCUT2D eigenvalue weighted by molar-refractivity contribution is 0.158. The number of epoxide rings is 1. The normalized spacial score (nSPS) is 23.7. The highest BCUT2D eigenvalue weighted by atomic mass is 16.6. The topological polar surface area (TPSA) is 42.0 Å². The molecular formula is C15H20O3. The minimum atomic E-state index is -0.191. The predicted octanol–water partition coefficient (Wildman–Crippen LogP) is 2.17. The molecule has 3 rings (SSSR count). The molecule has 1 saturated heterocycles. The maximum absolute atomic E-state index is 9.92. The molecule has 2 atom stereocenters. The minimum Gasteiger partial charge on any atom is -0.491 e. The minimum absolute atomic E-state index is 0.191. The molecule has 2 unspecified atom stereocenters. The number of rotatable bonds is 7. The van der Waals surface area contributed by atoms with Crippen LogP contribution in [0.4, 0.5) is 0 Å². The van der Waals surface area contributed by atoms with Gasteiger partial charge in [0.1, 0.15) is 18.5 Å². The smallest absolute Gasteiger partial charge is 0.119 e. The first-order valence-electron chi connectivity index (χ1n) is 6.81. The quantitative estimate of drug-likeness (QED) is 0.752. The zero-order valence-corrected chi connectivity index (χ0v) is 10.5. The van der Waals surface area contributed by atoms with Crippen LogP contribution in [0, 0.1) is 5.92 Å². The van der Waals surface area contributed by atoms with Crippen molar-refractivity contribution in [1.29, 1.82) is 0 Å². The highest BCUT2D eigenvalue weighted by Crippen LogP contribution is 2.34. The summed E-state index contributed by atoms with van der Waals surface area (Å²) in [4.78, 5) is 0. The molecule has 2 fully saturated rings. The van der Waals surface area contributed by atoms with Crippen LogP contribution < -0.4 is 4.74 Å². The molecular weight excluding hydrogens is 228 g/mol. The fraction of sp³-hybridized carbons (Fsp3) is 0.600.